The highest BCUT2D eigenvalue weighted by molar-refractivity contribution is 6.32. The second-order valence-corrected chi connectivity index (χ2v) is 7.60. The minimum Gasteiger partial charge on any atom is -0.458 e. The lowest BCUT2D eigenvalue weighted by Gasteiger charge is -2.27. The summed E-state index contributed by atoms with van der Waals surface area (Å²) in [5.41, 5.74) is 0. The van der Waals surface area contributed by atoms with E-state index < -0.39 is 43.2 Å². The average Bonchev–Trinajstić information content (AvgIpc) is 3.32. The number of aromatic nitrogens is 2. The maximum atomic E-state index is 13.2. The van der Waals surface area contributed by atoms with E-state index in [0.29, 0.717) is 0 Å². The third kappa shape index (κ3) is 6.70. The standard InChI is InChI=1S/C20H20ClF3N4O5/c21-14-3-1-2-4-16(14)33-13-7-18(31)28(10-13)15(8-20(22,23)24)19(32)25-17-5-6-27(26-17)9-12(30)11-29/h1-7,12,15,29-30H,8-11H2,(H,25,26,32)/t12-,15?/m1/s1. The van der Waals surface area contributed by atoms with E-state index in [-0.39, 0.29) is 35.4 Å². The third-order valence-electron chi connectivity index (χ3n) is 4.58. The molecule has 2 atom stereocenters. The number of carbonyl (C=O) groups is 2. The van der Waals surface area contributed by atoms with Crippen LogP contribution in [-0.4, -0.2) is 68.2 Å². The molecule has 0 saturated heterocycles. The number of aliphatic hydroxyl groups is 2. The van der Waals surface area contributed by atoms with Crippen LogP contribution in [0, 0.1) is 0 Å². The summed E-state index contributed by atoms with van der Waals surface area (Å²) < 4.78 is 46.4. The number of nitrogens with zero attached hydrogens (tertiary/aromatic N) is 3. The van der Waals surface area contributed by atoms with Crippen LogP contribution >= 0.6 is 11.6 Å². The van der Waals surface area contributed by atoms with Gasteiger partial charge in [-0.1, -0.05) is 23.7 Å². The van der Waals surface area contributed by atoms with Gasteiger partial charge in [-0.25, -0.2) is 0 Å². The van der Waals surface area contributed by atoms with E-state index in [2.05, 4.69) is 10.4 Å². The SMILES string of the molecule is O=C(Nc1ccn(C[C@@H](O)CO)n1)C(CC(F)(F)F)N1CC(Oc2ccccc2Cl)=CC1=O. The molecule has 33 heavy (non-hydrogen) atoms. The molecule has 9 nitrogen and oxygen atoms in total. The van der Waals surface area contributed by atoms with Gasteiger partial charge in [0.05, 0.1) is 37.2 Å². The molecule has 0 bridgehead atoms. The van der Waals surface area contributed by atoms with Gasteiger partial charge in [-0.15, -0.1) is 0 Å². The molecule has 3 N–H and O–H groups in total. The van der Waals surface area contributed by atoms with Crippen LogP contribution in [0.15, 0.2) is 48.4 Å². The summed E-state index contributed by atoms with van der Waals surface area (Å²) >= 11 is 6.01. The summed E-state index contributed by atoms with van der Waals surface area (Å²) in [7, 11) is 0. The Hall–Kier alpha value is -3.09. The van der Waals surface area contributed by atoms with Crippen LogP contribution < -0.4 is 10.1 Å². The third-order valence-corrected chi connectivity index (χ3v) is 4.89. The van der Waals surface area contributed by atoms with Crippen LogP contribution in [0.5, 0.6) is 5.75 Å². The predicted octanol–water partition coefficient (Wildman–Crippen LogP) is 1.95. The fraction of sp³-hybridized carbons (Fsp3) is 0.350. The van der Waals surface area contributed by atoms with Gasteiger partial charge in [0.25, 0.3) is 5.91 Å². The van der Waals surface area contributed by atoms with Crippen LogP contribution in [0.3, 0.4) is 0 Å². The Kier molecular flexibility index (Phi) is 7.61. The number of hydrogen-bond acceptors (Lipinski definition) is 6. The number of ether oxygens (including phenoxy) is 1. The minimum absolute atomic E-state index is 0.0374. The van der Waals surface area contributed by atoms with E-state index in [1.165, 1.54) is 23.0 Å². The number of para-hydroxylation sites is 1. The molecule has 3 rings (SSSR count). The van der Waals surface area contributed by atoms with Gasteiger partial charge in [-0.2, -0.15) is 18.3 Å². The van der Waals surface area contributed by atoms with Gasteiger partial charge in [-0.05, 0) is 12.1 Å². The fourth-order valence-electron chi connectivity index (χ4n) is 3.08. The van der Waals surface area contributed by atoms with Gasteiger partial charge in [-0.3, -0.25) is 14.3 Å². The first-order valence-electron chi connectivity index (χ1n) is 9.69. The van der Waals surface area contributed by atoms with Crippen LogP contribution in [0.4, 0.5) is 19.0 Å². The number of aliphatic hydroxyl groups excluding tert-OH is 2. The zero-order chi connectivity index (χ0) is 24.2. The fourth-order valence-corrected chi connectivity index (χ4v) is 3.26. The van der Waals surface area contributed by atoms with Gasteiger partial charge < -0.3 is 25.2 Å². The molecule has 0 aliphatic carbocycles. The molecule has 0 saturated carbocycles. The summed E-state index contributed by atoms with van der Waals surface area (Å²) in [6, 6.07) is 5.79. The van der Waals surface area contributed by atoms with Crippen molar-refractivity contribution >= 4 is 29.2 Å². The van der Waals surface area contributed by atoms with Gasteiger partial charge >= 0.3 is 6.18 Å². The molecule has 1 aliphatic heterocycles. The zero-order valence-electron chi connectivity index (χ0n) is 17.0. The van der Waals surface area contributed by atoms with Crippen molar-refractivity contribution in [3.05, 3.63) is 53.4 Å². The van der Waals surface area contributed by atoms with Crippen molar-refractivity contribution in [2.45, 2.75) is 31.3 Å². The molecule has 0 radical (unpaired) electrons. The number of alkyl halides is 3. The molecule has 1 unspecified atom stereocenters. The number of rotatable bonds is 9. The van der Waals surface area contributed by atoms with E-state index in [9.17, 15) is 27.9 Å². The first-order valence-corrected chi connectivity index (χ1v) is 10.1. The number of nitrogens with one attached hydrogen (secondary N) is 1. The van der Waals surface area contributed by atoms with Crippen LogP contribution in [0.1, 0.15) is 6.42 Å². The number of amides is 2. The van der Waals surface area contributed by atoms with Crippen LogP contribution in [0.25, 0.3) is 0 Å². The Bertz CT molecular complexity index is 1040. The van der Waals surface area contributed by atoms with E-state index in [1.54, 1.807) is 18.2 Å². The highest BCUT2D eigenvalue weighted by Crippen LogP contribution is 2.30. The lowest BCUT2D eigenvalue weighted by Crippen LogP contribution is -2.47. The number of hydrogen-bond donors (Lipinski definition) is 3. The number of halogens is 4. The summed E-state index contributed by atoms with van der Waals surface area (Å²) in [4.78, 5) is 25.9. The first kappa shape index (κ1) is 24.6. The largest absolute Gasteiger partial charge is 0.458 e. The number of benzene rings is 1. The molecular weight excluding hydrogens is 469 g/mol. The first-order chi connectivity index (χ1) is 15.6. The van der Waals surface area contributed by atoms with E-state index in [0.717, 1.165) is 11.0 Å². The summed E-state index contributed by atoms with van der Waals surface area (Å²) in [6.45, 7) is -0.969. The van der Waals surface area contributed by atoms with Crippen molar-refractivity contribution in [3.63, 3.8) is 0 Å². The van der Waals surface area contributed by atoms with Gasteiger partial charge in [0.1, 0.15) is 17.6 Å². The summed E-state index contributed by atoms with van der Waals surface area (Å²) in [5, 5.41) is 24.7. The maximum absolute atomic E-state index is 13.2. The van der Waals surface area contributed by atoms with E-state index >= 15 is 0 Å². The lowest BCUT2D eigenvalue weighted by molar-refractivity contribution is -0.158. The lowest BCUT2D eigenvalue weighted by atomic mass is 10.1. The molecule has 2 aromatic rings. The normalized spacial score (nSPS) is 15.9. The number of carbonyl (C=O) groups excluding carboxylic acids is 2. The Labute approximate surface area is 191 Å². The topological polar surface area (TPSA) is 117 Å². The Morgan fingerprint density at radius 2 is 2.03 bits per heavy atom. The van der Waals surface area contributed by atoms with Crippen LogP contribution in [-0.2, 0) is 16.1 Å². The minimum atomic E-state index is -4.74. The highest BCUT2D eigenvalue weighted by atomic mass is 35.5. The van der Waals surface area contributed by atoms with Gasteiger partial charge in [0, 0.05) is 18.3 Å². The molecule has 178 valence electrons. The quantitative estimate of drug-likeness (QED) is 0.497. The molecule has 1 aromatic carbocycles. The number of anilines is 1. The molecule has 0 fully saturated rings. The zero-order valence-corrected chi connectivity index (χ0v) is 17.8. The Morgan fingerprint density at radius 1 is 1.30 bits per heavy atom. The van der Waals surface area contributed by atoms with Gasteiger partial charge in [0.15, 0.2) is 5.82 Å². The summed E-state index contributed by atoms with van der Waals surface area (Å²) in [5.74, 6) is -1.74. The van der Waals surface area contributed by atoms with E-state index in [4.69, 9.17) is 21.4 Å². The van der Waals surface area contributed by atoms with Crippen LogP contribution in [0.2, 0.25) is 5.02 Å². The van der Waals surface area contributed by atoms with Crippen molar-refractivity contribution in [1.82, 2.24) is 14.7 Å². The molecule has 13 heteroatoms. The van der Waals surface area contributed by atoms with Crippen molar-refractivity contribution in [3.8, 4) is 5.75 Å². The average molecular weight is 489 g/mol. The van der Waals surface area contributed by atoms with Crippen molar-refractivity contribution in [1.29, 1.82) is 0 Å². The predicted molar refractivity (Wildman–Crippen MR) is 110 cm³/mol. The summed E-state index contributed by atoms with van der Waals surface area (Å²) in [6.07, 6.45) is -5.05. The maximum Gasteiger partial charge on any atom is 0.391 e. The van der Waals surface area contributed by atoms with Crippen molar-refractivity contribution < 1.29 is 37.7 Å². The Balaban J connectivity index is 1.72. The highest BCUT2D eigenvalue weighted by Gasteiger charge is 2.42. The molecule has 0 spiro atoms. The van der Waals surface area contributed by atoms with Gasteiger partial charge in [0.2, 0.25) is 5.91 Å². The Morgan fingerprint density at radius 3 is 2.70 bits per heavy atom. The second-order valence-electron chi connectivity index (χ2n) is 7.19. The molecular formula is C20H20ClF3N4O5. The smallest absolute Gasteiger partial charge is 0.391 e. The second kappa shape index (κ2) is 10.2. The monoisotopic (exact) mass is 488 g/mol. The molecule has 1 aromatic heterocycles. The molecule has 2 heterocycles. The van der Waals surface area contributed by atoms with E-state index in [1.807, 2.05) is 0 Å². The molecule has 2 amide bonds. The van der Waals surface area contributed by atoms with Crippen molar-refractivity contribution in [2.24, 2.45) is 0 Å². The molecule has 1 aliphatic rings. The van der Waals surface area contributed by atoms with Crippen molar-refractivity contribution in [2.75, 3.05) is 18.5 Å².